The smallest absolute Gasteiger partial charge is 0.221 e. The van der Waals surface area contributed by atoms with Gasteiger partial charge in [-0.2, -0.15) is 5.26 Å². The van der Waals surface area contributed by atoms with Crippen LogP contribution in [-0.2, 0) is 4.79 Å². The predicted octanol–water partition coefficient (Wildman–Crippen LogP) is 2.93. The highest BCUT2D eigenvalue weighted by Gasteiger charge is 2.15. The molecule has 0 aliphatic carbocycles. The second-order valence-corrected chi connectivity index (χ2v) is 5.07. The largest absolute Gasteiger partial charge is 0.493 e. The molecule has 7 heteroatoms. The van der Waals surface area contributed by atoms with E-state index in [0.29, 0.717) is 11.3 Å². The van der Waals surface area contributed by atoms with E-state index in [1.165, 1.54) is 44.4 Å². The first-order valence-corrected chi connectivity index (χ1v) is 7.26. The first kappa shape index (κ1) is 17.9. The number of hydrogen-bond acceptors (Lipinski definition) is 5. The lowest BCUT2D eigenvalue weighted by molar-refractivity contribution is -0.114. The van der Waals surface area contributed by atoms with Gasteiger partial charge < -0.3 is 14.8 Å². The monoisotopic (exact) mass is 342 g/mol. The van der Waals surface area contributed by atoms with E-state index in [9.17, 15) is 14.0 Å². The average molecular weight is 342 g/mol. The standard InChI is InChI=1S/C18H15FN2O4/c1-11(22)21-13-4-5-14(15(19)8-13)16(23)10-25-17-6-3-12(9-20)7-18(17)24-2/h3-8H,10H2,1-2H3,(H,21,22). The summed E-state index contributed by atoms with van der Waals surface area (Å²) in [4.78, 5) is 23.1. The van der Waals surface area contributed by atoms with E-state index in [0.717, 1.165) is 6.07 Å². The molecule has 128 valence electrons. The van der Waals surface area contributed by atoms with Crippen LogP contribution < -0.4 is 14.8 Å². The molecule has 25 heavy (non-hydrogen) atoms. The van der Waals surface area contributed by atoms with Crippen molar-refractivity contribution in [1.82, 2.24) is 0 Å². The number of halogens is 1. The minimum Gasteiger partial charge on any atom is -0.493 e. The normalized spacial score (nSPS) is 9.84. The van der Waals surface area contributed by atoms with Crippen molar-refractivity contribution < 1.29 is 23.5 Å². The van der Waals surface area contributed by atoms with Gasteiger partial charge in [0.15, 0.2) is 18.1 Å². The van der Waals surface area contributed by atoms with Crippen LogP contribution in [0.3, 0.4) is 0 Å². The summed E-state index contributed by atoms with van der Waals surface area (Å²) in [6, 6.07) is 10.2. The maximum absolute atomic E-state index is 14.0. The van der Waals surface area contributed by atoms with Crippen molar-refractivity contribution in [3.63, 3.8) is 0 Å². The molecule has 0 bridgehead atoms. The molecule has 0 aliphatic heterocycles. The zero-order valence-electron chi connectivity index (χ0n) is 13.6. The SMILES string of the molecule is COc1cc(C#N)ccc1OCC(=O)c1ccc(NC(C)=O)cc1F. The number of benzene rings is 2. The maximum Gasteiger partial charge on any atom is 0.221 e. The van der Waals surface area contributed by atoms with Crippen LogP contribution in [0, 0.1) is 17.1 Å². The Labute approximate surface area is 143 Å². The van der Waals surface area contributed by atoms with E-state index in [1.807, 2.05) is 6.07 Å². The van der Waals surface area contributed by atoms with Crippen molar-refractivity contribution in [3.05, 3.63) is 53.3 Å². The number of Topliss-reactive ketones (excluding diaryl/α,β-unsaturated/α-hetero) is 1. The number of rotatable bonds is 6. The van der Waals surface area contributed by atoms with Gasteiger partial charge in [0.25, 0.3) is 0 Å². The highest BCUT2D eigenvalue weighted by Crippen LogP contribution is 2.28. The molecule has 0 radical (unpaired) electrons. The van der Waals surface area contributed by atoms with Crippen LogP contribution in [0.2, 0.25) is 0 Å². The van der Waals surface area contributed by atoms with Crippen molar-refractivity contribution in [3.8, 4) is 17.6 Å². The van der Waals surface area contributed by atoms with Crippen molar-refractivity contribution in [1.29, 1.82) is 5.26 Å². The highest BCUT2D eigenvalue weighted by atomic mass is 19.1. The molecule has 0 fully saturated rings. The number of nitrogens with zero attached hydrogens (tertiary/aromatic N) is 1. The molecular weight excluding hydrogens is 327 g/mol. The minimum atomic E-state index is -0.758. The predicted molar refractivity (Wildman–Crippen MR) is 88.2 cm³/mol. The summed E-state index contributed by atoms with van der Waals surface area (Å²) in [5, 5.41) is 11.3. The molecular formula is C18H15FN2O4. The van der Waals surface area contributed by atoms with Gasteiger partial charge in [-0.1, -0.05) is 0 Å². The van der Waals surface area contributed by atoms with Crippen molar-refractivity contribution >= 4 is 17.4 Å². The Bertz CT molecular complexity index is 859. The summed E-state index contributed by atoms with van der Waals surface area (Å²) < 4.78 is 24.5. The molecule has 2 aromatic rings. The summed E-state index contributed by atoms with van der Waals surface area (Å²) in [5.74, 6) is -1.10. The van der Waals surface area contributed by atoms with Crippen LogP contribution in [0.15, 0.2) is 36.4 Å². The number of nitrogens with one attached hydrogen (secondary N) is 1. The summed E-state index contributed by atoms with van der Waals surface area (Å²) in [6.45, 7) is 0.897. The van der Waals surface area contributed by atoms with Crippen LogP contribution in [0.5, 0.6) is 11.5 Å². The van der Waals surface area contributed by atoms with E-state index >= 15 is 0 Å². The summed E-state index contributed by atoms with van der Waals surface area (Å²) in [5.41, 5.74) is 0.494. The van der Waals surface area contributed by atoms with Gasteiger partial charge in [-0.3, -0.25) is 9.59 Å². The van der Waals surface area contributed by atoms with E-state index in [2.05, 4.69) is 5.32 Å². The van der Waals surface area contributed by atoms with Crippen LogP contribution in [0.25, 0.3) is 0 Å². The van der Waals surface area contributed by atoms with Gasteiger partial charge in [-0.25, -0.2) is 4.39 Å². The quantitative estimate of drug-likeness (QED) is 0.816. The summed E-state index contributed by atoms with van der Waals surface area (Å²) in [7, 11) is 1.41. The molecule has 0 saturated carbocycles. The Morgan fingerprint density at radius 1 is 1.20 bits per heavy atom. The Morgan fingerprint density at radius 2 is 1.96 bits per heavy atom. The van der Waals surface area contributed by atoms with Crippen molar-refractivity contribution in [2.45, 2.75) is 6.92 Å². The fourth-order valence-corrected chi connectivity index (χ4v) is 2.10. The highest BCUT2D eigenvalue weighted by molar-refractivity contribution is 5.98. The number of methoxy groups -OCH3 is 1. The van der Waals surface area contributed by atoms with Crippen LogP contribution in [0.4, 0.5) is 10.1 Å². The average Bonchev–Trinajstić information content (AvgIpc) is 2.59. The fraction of sp³-hybridized carbons (Fsp3) is 0.167. The van der Waals surface area contributed by atoms with E-state index in [1.54, 1.807) is 0 Å². The number of hydrogen-bond donors (Lipinski definition) is 1. The molecule has 2 aromatic carbocycles. The third kappa shape index (κ3) is 4.54. The van der Waals surface area contributed by atoms with E-state index in [-0.39, 0.29) is 22.9 Å². The molecule has 0 aliphatic rings. The zero-order valence-corrected chi connectivity index (χ0v) is 13.6. The van der Waals surface area contributed by atoms with Crippen molar-refractivity contribution in [2.24, 2.45) is 0 Å². The number of carbonyl (C=O) groups is 2. The molecule has 1 amide bonds. The second-order valence-electron chi connectivity index (χ2n) is 5.07. The Morgan fingerprint density at radius 3 is 2.56 bits per heavy atom. The lowest BCUT2D eigenvalue weighted by atomic mass is 10.1. The molecule has 0 unspecified atom stereocenters. The van der Waals surface area contributed by atoms with Crippen LogP contribution >= 0.6 is 0 Å². The van der Waals surface area contributed by atoms with Gasteiger partial charge in [0, 0.05) is 18.7 Å². The van der Waals surface area contributed by atoms with Crippen molar-refractivity contribution in [2.75, 3.05) is 19.0 Å². The van der Waals surface area contributed by atoms with E-state index in [4.69, 9.17) is 14.7 Å². The number of ketones is 1. The zero-order chi connectivity index (χ0) is 18.4. The summed E-state index contributed by atoms with van der Waals surface area (Å²) >= 11 is 0. The Balaban J connectivity index is 2.10. The van der Waals surface area contributed by atoms with Gasteiger partial charge in [-0.05, 0) is 30.3 Å². The lowest BCUT2D eigenvalue weighted by Crippen LogP contribution is -2.14. The molecule has 0 aromatic heterocycles. The number of anilines is 1. The molecule has 0 spiro atoms. The first-order chi connectivity index (χ1) is 11.9. The molecule has 0 saturated heterocycles. The van der Waals surface area contributed by atoms with E-state index < -0.39 is 18.2 Å². The van der Waals surface area contributed by atoms with Gasteiger partial charge in [0.05, 0.1) is 24.3 Å². The topological polar surface area (TPSA) is 88.4 Å². The molecule has 0 atom stereocenters. The Kier molecular flexibility index (Phi) is 5.69. The lowest BCUT2D eigenvalue weighted by Gasteiger charge is -2.11. The maximum atomic E-state index is 14.0. The number of nitriles is 1. The van der Waals surface area contributed by atoms with Gasteiger partial charge in [0.1, 0.15) is 5.82 Å². The fourth-order valence-electron chi connectivity index (χ4n) is 2.10. The number of amides is 1. The molecule has 1 N–H and O–H groups in total. The number of ether oxygens (including phenoxy) is 2. The third-order valence-electron chi connectivity index (χ3n) is 3.24. The Hall–Kier alpha value is -3.40. The van der Waals surface area contributed by atoms with Gasteiger partial charge in [0.2, 0.25) is 11.7 Å². The molecule has 0 heterocycles. The van der Waals surface area contributed by atoms with Gasteiger partial charge >= 0.3 is 0 Å². The number of carbonyl (C=O) groups excluding carboxylic acids is 2. The summed E-state index contributed by atoms with van der Waals surface area (Å²) in [6.07, 6.45) is 0. The molecule has 2 rings (SSSR count). The molecule has 6 nitrogen and oxygen atoms in total. The third-order valence-corrected chi connectivity index (χ3v) is 3.24. The second kappa shape index (κ2) is 7.93. The minimum absolute atomic E-state index is 0.151. The van der Waals surface area contributed by atoms with Crippen LogP contribution in [0.1, 0.15) is 22.8 Å². The first-order valence-electron chi connectivity index (χ1n) is 7.26. The van der Waals surface area contributed by atoms with Crippen LogP contribution in [-0.4, -0.2) is 25.4 Å². The van der Waals surface area contributed by atoms with Gasteiger partial charge in [-0.15, -0.1) is 0 Å².